The van der Waals surface area contributed by atoms with Crippen LogP contribution in [0.15, 0.2) is 64.8 Å². The summed E-state index contributed by atoms with van der Waals surface area (Å²) in [4.78, 5) is 23.7. The summed E-state index contributed by atoms with van der Waals surface area (Å²) < 4.78 is 0. The van der Waals surface area contributed by atoms with Crippen LogP contribution in [-0.2, 0) is 9.59 Å². The second kappa shape index (κ2) is 8.38. The summed E-state index contributed by atoms with van der Waals surface area (Å²) in [6.07, 6.45) is 2.76. The highest BCUT2D eigenvalue weighted by Crippen LogP contribution is 2.31. The Morgan fingerprint density at radius 1 is 0.846 bits per heavy atom. The number of hydrogen-bond donors (Lipinski definition) is 1. The topological polar surface area (TPSA) is 94.0 Å². The number of anilines is 1. The number of amides is 1. The standard InChI is InChI=1S/C20H21N3O3/c24-19(17-8-4-5-9-18(17)20(25)26)21-14-10-12-16(13-11-14)23-22-15-6-2-1-3-7-15/h1-3,6-7,10-13,17-18H,4-5,8-9H2,(H,21,24)(H,25,26)/p-1/t17-,18+/m0/s1. The van der Waals surface area contributed by atoms with Gasteiger partial charge >= 0.3 is 0 Å². The highest BCUT2D eigenvalue weighted by molar-refractivity contribution is 5.95. The fraction of sp³-hybridized carbons (Fsp3) is 0.300. The first-order valence-electron chi connectivity index (χ1n) is 8.72. The summed E-state index contributed by atoms with van der Waals surface area (Å²) in [5.41, 5.74) is 2.03. The molecular formula is C20H20N3O3-. The highest BCUT2D eigenvalue weighted by atomic mass is 16.4. The molecule has 0 aromatic heterocycles. The molecule has 134 valence electrons. The van der Waals surface area contributed by atoms with Gasteiger partial charge in [-0.1, -0.05) is 31.0 Å². The lowest BCUT2D eigenvalue weighted by molar-refractivity contribution is -0.313. The molecule has 26 heavy (non-hydrogen) atoms. The molecule has 2 aromatic rings. The minimum atomic E-state index is -1.14. The first kappa shape index (κ1) is 17.8. The fourth-order valence-corrected chi connectivity index (χ4v) is 3.18. The third-order valence-electron chi connectivity index (χ3n) is 4.58. The lowest BCUT2D eigenvalue weighted by Crippen LogP contribution is -2.42. The molecule has 1 N–H and O–H groups in total. The van der Waals surface area contributed by atoms with E-state index in [2.05, 4.69) is 15.5 Å². The van der Waals surface area contributed by atoms with Gasteiger partial charge in [0.1, 0.15) is 0 Å². The van der Waals surface area contributed by atoms with Gasteiger partial charge in [-0.15, -0.1) is 0 Å². The molecule has 2 aromatic carbocycles. The summed E-state index contributed by atoms with van der Waals surface area (Å²) in [6.45, 7) is 0. The predicted octanol–water partition coefficient (Wildman–Crippen LogP) is 3.60. The molecule has 0 saturated heterocycles. The number of benzene rings is 2. The van der Waals surface area contributed by atoms with Crippen LogP contribution in [0, 0.1) is 11.8 Å². The third-order valence-corrected chi connectivity index (χ3v) is 4.58. The monoisotopic (exact) mass is 350 g/mol. The number of carbonyl (C=O) groups is 2. The van der Waals surface area contributed by atoms with E-state index in [1.807, 2.05) is 30.3 Å². The second-order valence-corrected chi connectivity index (χ2v) is 6.39. The second-order valence-electron chi connectivity index (χ2n) is 6.39. The molecule has 0 radical (unpaired) electrons. The number of azo groups is 1. The fourth-order valence-electron chi connectivity index (χ4n) is 3.18. The van der Waals surface area contributed by atoms with Crippen LogP contribution in [0.25, 0.3) is 0 Å². The molecule has 2 atom stereocenters. The number of aliphatic carboxylic acids is 1. The van der Waals surface area contributed by atoms with Crippen LogP contribution in [0.2, 0.25) is 0 Å². The normalized spacial score (nSPS) is 20.0. The van der Waals surface area contributed by atoms with Crippen molar-refractivity contribution in [3.05, 3.63) is 54.6 Å². The first-order valence-corrected chi connectivity index (χ1v) is 8.72. The number of carboxylic acid groups (broad SMARTS) is 1. The van der Waals surface area contributed by atoms with E-state index in [-0.39, 0.29) is 5.91 Å². The van der Waals surface area contributed by atoms with Crippen molar-refractivity contribution >= 4 is 28.9 Å². The van der Waals surface area contributed by atoms with Gasteiger partial charge in [-0.25, -0.2) is 0 Å². The Labute approximate surface area is 152 Å². The van der Waals surface area contributed by atoms with Crippen molar-refractivity contribution in [2.45, 2.75) is 25.7 Å². The maximum absolute atomic E-state index is 12.4. The van der Waals surface area contributed by atoms with E-state index < -0.39 is 17.8 Å². The largest absolute Gasteiger partial charge is 0.550 e. The average molecular weight is 350 g/mol. The van der Waals surface area contributed by atoms with Crippen molar-refractivity contribution in [1.82, 2.24) is 0 Å². The number of rotatable bonds is 5. The minimum absolute atomic E-state index is 0.266. The van der Waals surface area contributed by atoms with Crippen molar-refractivity contribution < 1.29 is 14.7 Å². The van der Waals surface area contributed by atoms with Gasteiger partial charge in [0.2, 0.25) is 5.91 Å². The van der Waals surface area contributed by atoms with Gasteiger partial charge in [-0.05, 0) is 49.2 Å². The van der Waals surface area contributed by atoms with Crippen molar-refractivity contribution in [3.63, 3.8) is 0 Å². The quantitative estimate of drug-likeness (QED) is 0.835. The van der Waals surface area contributed by atoms with E-state index in [1.54, 1.807) is 24.3 Å². The zero-order valence-corrected chi connectivity index (χ0v) is 14.3. The molecule has 1 saturated carbocycles. The summed E-state index contributed by atoms with van der Waals surface area (Å²) in [5, 5.41) is 22.3. The Kier molecular flexibility index (Phi) is 5.73. The number of carboxylic acids is 1. The number of nitrogens with zero attached hydrogens (tertiary/aromatic N) is 2. The van der Waals surface area contributed by atoms with E-state index in [9.17, 15) is 14.7 Å². The Morgan fingerprint density at radius 3 is 2.04 bits per heavy atom. The Balaban J connectivity index is 1.62. The minimum Gasteiger partial charge on any atom is -0.550 e. The van der Waals surface area contributed by atoms with E-state index >= 15 is 0 Å². The number of nitrogens with one attached hydrogen (secondary N) is 1. The van der Waals surface area contributed by atoms with E-state index in [0.29, 0.717) is 24.2 Å². The highest BCUT2D eigenvalue weighted by Gasteiger charge is 2.31. The molecular weight excluding hydrogens is 330 g/mol. The summed E-state index contributed by atoms with van der Waals surface area (Å²) in [6, 6.07) is 16.4. The van der Waals surface area contributed by atoms with Crippen LogP contribution in [0.1, 0.15) is 25.7 Å². The predicted molar refractivity (Wildman–Crippen MR) is 96.1 cm³/mol. The van der Waals surface area contributed by atoms with Crippen molar-refractivity contribution in [2.24, 2.45) is 22.1 Å². The van der Waals surface area contributed by atoms with Crippen molar-refractivity contribution in [1.29, 1.82) is 0 Å². The lowest BCUT2D eigenvalue weighted by Gasteiger charge is -2.31. The van der Waals surface area contributed by atoms with E-state index in [0.717, 1.165) is 18.5 Å². The lowest BCUT2D eigenvalue weighted by atomic mass is 9.78. The molecule has 0 aliphatic heterocycles. The molecule has 1 fully saturated rings. The number of hydrogen-bond acceptors (Lipinski definition) is 5. The van der Waals surface area contributed by atoms with Gasteiger partial charge in [0.15, 0.2) is 0 Å². The molecule has 1 aliphatic rings. The molecule has 6 nitrogen and oxygen atoms in total. The summed E-state index contributed by atoms with van der Waals surface area (Å²) in [5.74, 6) is -2.65. The first-order chi connectivity index (χ1) is 12.6. The summed E-state index contributed by atoms with van der Waals surface area (Å²) >= 11 is 0. The van der Waals surface area contributed by atoms with E-state index in [4.69, 9.17) is 0 Å². The van der Waals surface area contributed by atoms with Crippen LogP contribution in [0.5, 0.6) is 0 Å². The van der Waals surface area contributed by atoms with E-state index in [1.165, 1.54) is 0 Å². The maximum Gasteiger partial charge on any atom is 0.228 e. The Bertz CT molecular complexity index is 788. The van der Waals surface area contributed by atoms with Crippen molar-refractivity contribution in [3.8, 4) is 0 Å². The molecule has 1 aliphatic carbocycles. The smallest absolute Gasteiger partial charge is 0.228 e. The Hall–Kier alpha value is -3.02. The van der Waals surface area contributed by atoms with Gasteiger partial charge in [-0.2, -0.15) is 10.2 Å². The summed E-state index contributed by atoms with van der Waals surface area (Å²) in [7, 11) is 0. The van der Waals surface area contributed by atoms with Crippen LogP contribution in [0.3, 0.4) is 0 Å². The molecule has 0 heterocycles. The van der Waals surface area contributed by atoms with Crippen LogP contribution < -0.4 is 10.4 Å². The van der Waals surface area contributed by atoms with Crippen LogP contribution >= 0.6 is 0 Å². The molecule has 0 bridgehead atoms. The zero-order chi connectivity index (χ0) is 18.4. The van der Waals surface area contributed by atoms with Crippen molar-refractivity contribution in [2.75, 3.05) is 5.32 Å². The molecule has 1 amide bonds. The SMILES string of the molecule is O=C(Nc1ccc(N=Nc2ccccc2)cc1)[C@H]1CCCC[C@H]1C(=O)[O-]. The zero-order valence-electron chi connectivity index (χ0n) is 14.3. The van der Waals surface area contributed by atoms with Gasteiger partial charge in [-0.3, -0.25) is 4.79 Å². The molecule has 0 spiro atoms. The van der Waals surface area contributed by atoms with Gasteiger partial charge < -0.3 is 15.2 Å². The van der Waals surface area contributed by atoms with Gasteiger partial charge in [0.25, 0.3) is 0 Å². The maximum atomic E-state index is 12.4. The molecule has 0 unspecified atom stereocenters. The van der Waals surface area contributed by atoms with Gasteiger partial charge in [0, 0.05) is 23.5 Å². The average Bonchev–Trinajstić information content (AvgIpc) is 2.68. The third kappa shape index (κ3) is 4.53. The van der Waals surface area contributed by atoms with Gasteiger partial charge in [0.05, 0.1) is 11.4 Å². The number of carbonyl (C=O) groups excluding carboxylic acids is 2. The van der Waals surface area contributed by atoms with Crippen LogP contribution in [-0.4, -0.2) is 11.9 Å². The Morgan fingerprint density at radius 2 is 1.42 bits per heavy atom. The molecule has 3 rings (SSSR count). The molecule has 6 heteroatoms. The van der Waals surface area contributed by atoms with Crippen LogP contribution in [0.4, 0.5) is 17.1 Å².